The normalized spacial score (nSPS) is 20.9. The van der Waals surface area contributed by atoms with Crippen LogP contribution in [0.25, 0.3) is 0 Å². The van der Waals surface area contributed by atoms with Crippen molar-refractivity contribution < 1.29 is 17.9 Å². The minimum Gasteiger partial charge on any atom is -0.495 e. The molecule has 1 aliphatic heterocycles. The van der Waals surface area contributed by atoms with E-state index >= 15 is 0 Å². The lowest BCUT2D eigenvalue weighted by molar-refractivity contribution is -0.118. The average Bonchev–Trinajstić information content (AvgIpc) is 2.49. The highest BCUT2D eigenvalue weighted by molar-refractivity contribution is 7.89. The van der Waals surface area contributed by atoms with Gasteiger partial charge in [-0.05, 0) is 30.0 Å². The highest BCUT2D eigenvalue weighted by Gasteiger charge is 2.34. The predicted octanol–water partition coefficient (Wildman–Crippen LogP) is 0.340. The fraction of sp³-hybridized carbons (Fsp3) is 0.562. The summed E-state index contributed by atoms with van der Waals surface area (Å²) in [6.45, 7) is 5.82. The Bertz CT molecular complexity index is 749. The highest BCUT2D eigenvalue weighted by atomic mass is 32.2. The van der Waals surface area contributed by atoms with Crippen LogP contribution < -0.4 is 20.9 Å². The lowest BCUT2D eigenvalue weighted by Gasteiger charge is -2.42. The van der Waals surface area contributed by atoms with Crippen LogP contribution in [0.3, 0.4) is 0 Å². The number of benzene rings is 1. The lowest BCUT2D eigenvalue weighted by Crippen LogP contribution is -2.53. The van der Waals surface area contributed by atoms with Crippen molar-refractivity contribution in [1.82, 2.24) is 4.90 Å². The molecule has 0 aliphatic carbocycles. The lowest BCUT2D eigenvalue weighted by atomic mass is 9.80. The second-order valence-electron chi connectivity index (χ2n) is 7.05. The van der Waals surface area contributed by atoms with Crippen LogP contribution in [0.5, 0.6) is 5.75 Å². The Labute approximate surface area is 148 Å². The summed E-state index contributed by atoms with van der Waals surface area (Å²) in [4.78, 5) is 14.3. The molecular formula is C16H26N4O4S. The number of ether oxygens (including phenoxy) is 1. The van der Waals surface area contributed by atoms with Gasteiger partial charge >= 0.3 is 0 Å². The van der Waals surface area contributed by atoms with Gasteiger partial charge in [-0.2, -0.15) is 0 Å². The number of piperidine rings is 1. The maximum absolute atomic E-state index is 12.4. The third-order valence-corrected chi connectivity index (χ3v) is 5.44. The zero-order chi connectivity index (χ0) is 18.8. The fourth-order valence-corrected chi connectivity index (χ4v) is 3.51. The number of nitrogens with one attached hydrogen (secondary N) is 1. The summed E-state index contributed by atoms with van der Waals surface area (Å²) >= 11 is 0. The second kappa shape index (κ2) is 7.28. The number of rotatable bonds is 5. The monoisotopic (exact) mass is 370 g/mol. The first-order valence-corrected chi connectivity index (χ1v) is 9.56. The van der Waals surface area contributed by atoms with E-state index in [-0.39, 0.29) is 34.5 Å². The molecule has 1 aromatic rings. The van der Waals surface area contributed by atoms with Crippen molar-refractivity contribution in [2.24, 2.45) is 16.3 Å². The van der Waals surface area contributed by atoms with Gasteiger partial charge in [-0.25, -0.2) is 13.6 Å². The van der Waals surface area contributed by atoms with Crippen molar-refractivity contribution in [2.45, 2.75) is 31.2 Å². The number of primary sulfonamides is 1. The second-order valence-corrected chi connectivity index (χ2v) is 8.61. The molecule has 1 unspecified atom stereocenters. The van der Waals surface area contributed by atoms with Gasteiger partial charge in [-0.3, -0.25) is 9.69 Å². The van der Waals surface area contributed by atoms with Crippen LogP contribution in [0.1, 0.15) is 20.3 Å². The number of carbonyl (C=O) groups is 1. The Kier molecular flexibility index (Phi) is 5.72. The van der Waals surface area contributed by atoms with Gasteiger partial charge < -0.3 is 15.8 Å². The number of hydrogen-bond donors (Lipinski definition) is 3. The Balaban J connectivity index is 2.10. The molecule has 2 rings (SSSR count). The molecule has 1 atom stereocenters. The third-order valence-electron chi connectivity index (χ3n) is 4.53. The molecule has 140 valence electrons. The average molecular weight is 370 g/mol. The van der Waals surface area contributed by atoms with E-state index < -0.39 is 10.0 Å². The Morgan fingerprint density at radius 1 is 1.44 bits per heavy atom. The van der Waals surface area contributed by atoms with Crippen LogP contribution in [-0.4, -0.2) is 52.0 Å². The van der Waals surface area contributed by atoms with Gasteiger partial charge in [0.15, 0.2) is 0 Å². The van der Waals surface area contributed by atoms with E-state index in [1.807, 2.05) is 4.90 Å². The Hall–Kier alpha value is -1.68. The maximum atomic E-state index is 12.4. The van der Waals surface area contributed by atoms with E-state index in [1.54, 1.807) is 0 Å². The predicted molar refractivity (Wildman–Crippen MR) is 95.8 cm³/mol. The number of nitrogens with two attached hydrogens (primary N) is 2. The summed E-state index contributed by atoms with van der Waals surface area (Å²) in [7, 11) is -2.43. The molecule has 0 bridgehead atoms. The number of methoxy groups -OCH3 is 1. The van der Waals surface area contributed by atoms with E-state index in [4.69, 9.17) is 15.6 Å². The van der Waals surface area contributed by atoms with Crippen LogP contribution in [0.4, 0.5) is 5.69 Å². The van der Waals surface area contributed by atoms with Crippen molar-refractivity contribution >= 4 is 21.6 Å². The van der Waals surface area contributed by atoms with Crippen LogP contribution >= 0.6 is 0 Å². The van der Waals surface area contributed by atoms with Crippen LogP contribution in [-0.2, 0) is 14.8 Å². The van der Waals surface area contributed by atoms with Gasteiger partial charge in [-0.1, -0.05) is 13.8 Å². The SMILES string of the molecule is COc1ccc(S(N)(=O)=O)cc1NC(=O)CN1CCC(N)C(C)(C)C1. The quantitative estimate of drug-likeness (QED) is 0.686. The number of likely N-dealkylation sites (tertiary alicyclic amines) is 1. The molecule has 1 aromatic carbocycles. The largest absolute Gasteiger partial charge is 0.495 e. The van der Waals surface area contributed by atoms with E-state index in [0.717, 1.165) is 19.5 Å². The van der Waals surface area contributed by atoms with Crippen LogP contribution in [0.15, 0.2) is 23.1 Å². The van der Waals surface area contributed by atoms with Gasteiger partial charge in [0.1, 0.15) is 5.75 Å². The third kappa shape index (κ3) is 4.91. The summed E-state index contributed by atoms with van der Waals surface area (Å²) < 4.78 is 28.2. The molecule has 5 N–H and O–H groups in total. The first-order valence-electron chi connectivity index (χ1n) is 8.01. The van der Waals surface area contributed by atoms with Gasteiger partial charge in [0.2, 0.25) is 15.9 Å². The van der Waals surface area contributed by atoms with E-state index in [0.29, 0.717) is 5.75 Å². The zero-order valence-electron chi connectivity index (χ0n) is 14.8. The van der Waals surface area contributed by atoms with E-state index in [9.17, 15) is 13.2 Å². The minimum absolute atomic E-state index is 0.0657. The first-order chi connectivity index (χ1) is 11.5. The molecule has 0 radical (unpaired) electrons. The summed E-state index contributed by atoms with van der Waals surface area (Å²) in [5, 5.41) is 7.84. The van der Waals surface area contributed by atoms with Crippen molar-refractivity contribution in [3.63, 3.8) is 0 Å². The summed E-state index contributed by atoms with van der Waals surface area (Å²) in [6, 6.07) is 4.19. The van der Waals surface area contributed by atoms with Gasteiger partial charge in [-0.15, -0.1) is 0 Å². The molecule has 0 saturated carbocycles. The summed E-state index contributed by atoms with van der Waals surface area (Å²) in [6.07, 6.45) is 0.824. The van der Waals surface area contributed by atoms with Crippen molar-refractivity contribution in [3.05, 3.63) is 18.2 Å². The fourth-order valence-electron chi connectivity index (χ4n) is 2.97. The van der Waals surface area contributed by atoms with Gasteiger partial charge in [0.05, 0.1) is 24.2 Å². The molecule has 8 nitrogen and oxygen atoms in total. The van der Waals surface area contributed by atoms with Crippen molar-refractivity contribution in [2.75, 3.05) is 32.1 Å². The van der Waals surface area contributed by atoms with E-state index in [1.165, 1.54) is 25.3 Å². The van der Waals surface area contributed by atoms with Gasteiger partial charge in [0, 0.05) is 19.1 Å². The molecule has 0 spiro atoms. The van der Waals surface area contributed by atoms with Crippen molar-refractivity contribution in [1.29, 1.82) is 0 Å². The molecule has 25 heavy (non-hydrogen) atoms. The molecule has 9 heteroatoms. The number of anilines is 1. The first kappa shape index (κ1) is 19.6. The number of nitrogens with zero attached hydrogens (tertiary/aromatic N) is 1. The standard InChI is InChI=1S/C16H26N4O4S/c1-16(2)10-20(7-6-14(16)17)9-15(21)19-12-8-11(25(18,22)23)4-5-13(12)24-3/h4-5,8,14H,6-7,9-10,17H2,1-3H3,(H,19,21)(H2,18,22,23). The molecule has 1 fully saturated rings. The van der Waals surface area contributed by atoms with Crippen molar-refractivity contribution in [3.8, 4) is 5.75 Å². The smallest absolute Gasteiger partial charge is 0.238 e. The van der Waals surface area contributed by atoms with E-state index in [2.05, 4.69) is 19.2 Å². The summed E-state index contributed by atoms with van der Waals surface area (Å²) in [5.74, 6) is 0.109. The summed E-state index contributed by atoms with van der Waals surface area (Å²) in [5.41, 5.74) is 6.32. The number of carbonyl (C=O) groups excluding carboxylic acids is 1. The Morgan fingerprint density at radius 3 is 2.68 bits per heavy atom. The van der Waals surface area contributed by atoms with Crippen LogP contribution in [0.2, 0.25) is 0 Å². The minimum atomic E-state index is -3.87. The molecule has 1 saturated heterocycles. The van der Waals surface area contributed by atoms with Crippen LogP contribution in [0, 0.1) is 5.41 Å². The number of sulfonamides is 1. The maximum Gasteiger partial charge on any atom is 0.238 e. The molecule has 1 amide bonds. The number of hydrogen-bond acceptors (Lipinski definition) is 6. The molecule has 1 heterocycles. The topological polar surface area (TPSA) is 128 Å². The molecule has 0 aromatic heterocycles. The van der Waals surface area contributed by atoms with Gasteiger partial charge in [0.25, 0.3) is 0 Å². The number of amides is 1. The molecular weight excluding hydrogens is 344 g/mol. The highest BCUT2D eigenvalue weighted by Crippen LogP contribution is 2.29. The Morgan fingerprint density at radius 2 is 2.12 bits per heavy atom. The molecule has 1 aliphatic rings. The zero-order valence-corrected chi connectivity index (χ0v) is 15.6.